The second-order valence-electron chi connectivity index (χ2n) is 5.93. The van der Waals surface area contributed by atoms with Crippen molar-refractivity contribution in [2.75, 3.05) is 12.4 Å². The smallest absolute Gasteiger partial charge is 0.295 e. The number of amides is 1. The number of aromatic nitrogens is 3. The number of benzene rings is 1. The number of halogens is 1. The van der Waals surface area contributed by atoms with E-state index in [4.69, 9.17) is 9.15 Å². The molecule has 0 aliphatic rings. The van der Waals surface area contributed by atoms with Crippen molar-refractivity contribution in [1.29, 1.82) is 0 Å². The molecular formula is C20H15FN4O3S. The summed E-state index contributed by atoms with van der Waals surface area (Å²) in [7, 11) is 1.50. The summed E-state index contributed by atoms with van der Waals surface area (Å²) < 4.78 is 23.9. The Kier molecular flexibility index (Phi) is 5.41. The number of hydrogen-bond acceptors (Lipinski definition) is 7. The number of ether oxygens (including phenoxy) is 1. The minimum absolute atomic E-state index is 0.00163. The van der Waals surface area contributed by atoms with Gasteiger partial charge in [-0.25, -0.2) is 14.4 Å². The molecule has 0 spiro atoms. The number of carbonyl (C=O) groups is 1. The first-order valence-corrected chi connectivity index (χ1v) is 9.45. The van der Waals surface area contributed by atoms with Crippen LogP contribution in [-0.4, -0.2) is 28.0 Å². The molecular weight excluding hydrogens is 395 g/mol. The third kappa shape index (κ3) is 4.20. The minimum atomic E-state index is -0.513. The van der Waals surface area contributed by atoms with Crippen LogP contribution in [0.25, 0.3) is 22.6 Å². The average molecular weight is 410 g/mol. The first kappa shape index (κ1) is 18.9. The third-order valence-corrected chi connectivity index (χ3v) is 4.67. The lowest BCUT2D eigenvalue weighted by atomic mass is 10.1. The first-order chi connectivity index (χ1) is 14.1. The quantitative estimate of drug-likeness (QED) is 0.507. The normalized spacial score (nSPS) is 10.8. The fourth-order valence-electron chi connectivity index (χ4n) is 2.62. The second kappa shape index (κ2) is 8.29. The van der Waals surface area contributed by atoms with Crippen molar-refractivity contribution >= 4 is 22.4 Å². The Morgan fingerprint density at radius 2 is 2.00 bits per heavy atom. The first-order valence-electron chi connectivity index (χ1n) is 8.57. The Morgan fingerprint density at radius 1 is 1.17 bits per heavy atom. The van der Waals surface area contributed by atoms with Crippen molar-refractivity contribution in [3.05, 3.63) is 71.5 Å². The van der Waals surface area contributed by atoms with Crippen molar-refractivity contribution in [2.45, 2.75) is 6.61 Å². The van der Waals surface area contributed by atoms with Crippen molar-refractivity contribution in [2.24, 2.45) is 0 Å². The molecule has 0 aliphatic heterocycles. The highest BCUT2D eigenvalue weighted by atomic mass is 32.1. The van der Waals surface area contributed by atoms with Gasteiger partial charge in [-0.05, 0) is 36.4 Å². The van der Waals surface area contributed by atoms with Crippen molar-refractivity contribution < 1.29 is 18.3 Å². The van der Waals surface area contributed by atoms with E-state index in [0.717, 1.165) is 0 Å². The van der Waals surface area contributed by atoms with Crippen LogP contribution >= 0.6 is 11.3 Å². The van der Waals surface area contributed by atoms with Gasteiger partial charge in [0.05, 0.1) is 5.69 Å². The van der Waals surface area contributed by atoms with Crippen LogP contribution in [0.4, 0.5) is 9.52 Å². The van der Waals surface area contributed by atoms with Gasteiger partial charge in [0, 0.05) is 24.3 Å². The molecule has 3 aromatic heterocycles. The molecule has 146 valence electrons. The number of nitrogens with zero attached hydrogens (tertiary/aromatic N) is 3. The SMILES string of the molecule is COCc1nc(-c2ccc(F)cc2)c(C(=O)Nc2nc(-c3ccccn3)cs2)o1. The summed E-state index contributed by atoms with van der Waals surface area (Å²) in [5.41, 5.74) is 2.22. The number of methoxy groups -OCH3 is 1. The summed E-state index contributed by atoms with van der Waals surface area (Å²) in [5.74, 6) is -0.658. The topological polar surface area (TPSA) is 90.1 Å². The van der Waals surface area contributed by atoms with E-state index in [1.165, 1.54) is 42.7 Å². The molecule has 3 heterocycles. The van der Waals surface area contributed by atoms with E-state index in [-0.39, 0.29) is 24.1 Å². The molecule has 29 heavy (non-hydrogen) atoms. The molecule has 9 heteroatoms. The van der Waals surface area contributed by atoms with Crippen LogP contribution < -0.4 is 5.32 Å². The molecule has 1 N–H and O–H groups in total. The lowest BCUT2D eigenvalue weighted by Crippen LogP contribution is -2.12. The molecule has 0 saturated carbocycles. The molecule has 7 nitrogen and oxygen atoms in total. The Morgan fingerprint density at radius 3 is 2.72 bits per heavy atom. The highest BCUT2D eigenvalue weighted by Gasteiger charge is 2.23. The number of anilines is 1. The van der Waals surface area contributed by atoms with E-state index in [0.29, 0.717) is 27.8 Å². The summed E-state index contributed by atoms with van der Waals surface area (Å²) >= 11 is 1.27. The molecule has 0 radical (unpaired) electrons. The van der Waals surface area contributed by atoms with Gasteiger partial charge in [-0.2, -0.15) is 0 Å². The zero-order valence-corrected chi connectivity index (χ0v) is 16.1. The van der Waals surface area contributed by atoms with E-state index in [2.05, 4.69) is 20.3 Å². The highest BCUT2D eigenvalue weighted by Crippen LogP contribution is 2.27. The van der Waals surface area contributed by atoms with Crippen LogP contribution in [0.5, 0.6) is 0 Å². The summed E-state index contributed by atoms with van der Waals surface area (Å²) in [6.07, 6.45) is 1.67. The molecule has 0 fully saturated rings. The third-order valence-electron chi connectivity index (χ3n) is 3.92. The van der Waals surface area contributed by atoms with Crippen molar-refractivity contribution in [3.8, 4) is 22.6 Å². The lowest BCUT2D eigenvalue weighted by molar-refractivity contribution is 0.0987. The standard InChI is InChI=1S/C20H15FN4O3S/c1-27-10-16-24-17(12-5-7-13(21)8-6-12)18(28-16)19(26)25-20-23-15(11-29-20)14-4-2-3-9-22-14/h2-9,11H,10H2,1H3,(H,23,25,26). The summed E-state index contributed by atoms with van der Waals surface area (Å²) in [5, 5.41) is 4.91. The van der Waals surface area contributed by atoms with Crippen LogP contribution in [0.15, 0.2) is 58.5 Å². The van der Waals surface area contributed by atoms with Gasteiger partial charge in [0.2, 0.25) is 11.7 Å². The maximum absolute atomic E-state index is 13.3. The number of carbonyl (C=O) groups excluding carboxylic acids is 1. The molecule has 0 unspecified atom stereocenters. The van der Waals surface area contributed by atoms with Gasteiger partial charge >= 0.3 is 0 Å². The fraction of sp³-hybridized carbons (Fsp3) is 0.100. The van der Waals surface area contributed by atoms with Gasteiger partial charge in [-0.3, -0.25) is 15.1 Å². The summed E-state index contributed by atoms with van der Waals surface area (Å²) in [4.78, 5) is 25.8. The largest absolute Gasteiger partial charge is 0.432 e. The fourth-order valence-corrected chi connectivity index (χ4v) is 3.32. The van der Waals surface area contributed by atoms with Gasteiger partial charge in [0.15, 0.2) is 5.13 Å². The van der Waals surface area contributed by atoms with Crippen molar-refractivity contribution in [3.63, 3.8) is 0 Å². The van der Waals surface area contributed by atoms with Gasteiger partial charge in [-0.1, -0.05) is 6.07 Å². The van der Waals surface area contributed by atoms with Gasteiger partial charge in [0.1, 0.15) is 23.8 Å². The highest BCUT2D eigenvalue weighted by molar-refractivity contribution is 7.14. The van der Waals surface area contributed by atoms with Crippen molar-refractivity contribution in [1.82, 2.24) is 15.0 Å². The maximum Gasteiger partial charge on any atom is 0.295 e. The summed E-state index contributed by atoms with van der Waals surface area (Å²) in [6.45, 7) is 0.0998. The van der Waals surface area contributed by atoms with E-state index in [1.54, 1.807) is 11.6 Å². The molecule has 0 aliphatic carbocycles. The summed E-state index contributed by atoms with van der Waals surface area (Å²) in [6, 6.07) is 11.2. The molecule has 0 atom stereocenters. The average Bonchev–Trinajstić information content (AvgIpc) is 3.37. The predicted molar refractivity (Wildman–Crippen MR) is 106 cm³/mol. The Balaban J connectivity index is 1.61. The van der Waals surface area contributed by atoms with Crippen LogP contribution in [0, 0.1) is 5.82 Å². The Labute approximate surface area is 169 Å². The molecule has 4 rings (SSSR count). The Bertz CT molecular complexity index is 1130. The van der Waals surface area contributed by atoms with E-state index in [1.807, 2.05) is 18.2 Å². The monoisotopic (exact) mass is 410 g/mol. The molecule has 0 bridgehead atoms. The number of oxazole rings is 1. The van der Waals surface area contributed by atoms with Gasteiger partial charge in [-0.15, -0.1) is 11.3 Å². The zero-order chi connectivity index (χ0) is 20.2. The Hall–Kier alpha value is -3.43. The van der Waals surface area contributed by atoms with Crippen LogP contribution in [0.3, 0.4) is 0 Å². The number of nitrogens with one attached hydrogen (secondary N) is 1. The van der Waals surface area contributed by atoms with Crippen LogP contribution in [0.2, 0.25) is 0 Å². The second-order valence-corrected chi connectivity index (χ2v) is 6.79. The van der Waals surface area contributed by atoms with Gasteiger partial charge < -0.3 is 9.15 Å². The maximum atomic E-state index is 13.3. The lowest BCUT2D eigenvalue weighted by Gasteiger charge is -2.02. The zero-order valence-electron chi connectivity index (χ0n) is 15.3. The van der Waals surface area contributed by atoms with Crippen LogP contribution in [-0.2, 0) is 11.3 Å². The van der Waals surface area contributed by atoms with E-state index in [9.17, 15) is 9.18 Å². The minimum Gasteiger partial charge on any atom is -0.432 e. The molecule has 0 saturated heterocycles. The number of pyridine rings is 1. The van der Waals surface area contributed by atoms with E-state index >= 15 is 0 Å². The number of hydrogen-bond donors (Lipinski definition) is 1. The van der Waals surface area contributed by atoms with E-state index < -0.39 is 5.91 Å². The predicted octanol–water partition coefficient (Wildman–Crippen LogP) is 4.40. The number of thiazole rings is 1. The molecule has 4 aromatic rings. The number of rotatable bonds is 6. The van der Waals surface area contributed by atoms with Gasteiger partial charge in [0.25, 0.3) is 5.91 Å². The van der Waals surface area contributed by atoms with Crippen LogP contribution in [0.1, 0.15) is 16.4 Å². The molecule has 1 aromatic carbocycles. The molecule has 1 amide bonds.